The molecule has 0 amide bonds. The second kappa shape index (κ2) is 5.40. The zero-order valence-corrected chi connectivity index (χ0v) is 12.7. The highest BCUT2D eigenvalue weighted by molar-refractivity contribution is 6.01. The van der Waals surface area contributed by atoms with E-state index >= 15 is 0 Å². The van der Waals surface area contributed by atoms with Crippen molar-refractivity contribution in [2.45, 2.75) is 6.92 Å². The summed E-state index contributed by atoms with van der Waals surface area (Å²) in [4.78, 5) is 0. The minimum Gasteiger partial charge on any atom is -0.455 e. The van der Waals surface area contributed by atoms with Crippen molar-refractivity contribution >= 4 is 11.0 Å². The molecule has 0 spiro atoms. The standard InChI is InChI=1S/C21H15FO/c1-14-6-8-16(9-7-14)21-20(15-10-12-17(22)13-11-15)18-4-2-3-5-19(18)23-21/h2-13H,1H3. The Bertz CT molecular complexity index is 963. The summed E-state index contributed by atoms with van der Waals surface area (Å²) < 4.78 is 19.4. The SMILES string of the molecule is Cc1ccc(-c2oc3ccccc3c2-c2ccc(F)cc2)cc1. The molecule has 112 valence electrons. The summed E-state index contributed by atoms with van der Waals surface area (Å²) in [6, 6.07) is 22.7. The van der Waals surface area contributed by atoms with Crippen molar-refractivity contribution < 1.29 is 8.81 Å². The Morgan fingerprint density at radius 2 is 1.39 bits per heavy atom. The van der Waals surface area contributed by atoms with Gasteiger partial charge in [0.15, 0.2) is 0 Å². The van der Waals surface area contributed by atoms with Gasteiger partial charge < -0.3 is 4.42 Å². The Hall–Kier alpha value is -2.87. The average Bonchev–Trinajstić information content (AvgIpc) is 2.96. The smallest absolute Gasteiger partial charge is 0.143 e. The van der Waals surface area contributed by atoms with Gasteiger partial charge in [0.05, 0.1) is 0 Å². The molecule has 0 atom stereocenters. The summed E-state index contributed by atoms with van der Waals surface area (Å²) >= 11 is 0. The average molecular weight is 302 g/mol. The molecule has 0 saturated heterocycles. The fraction of sp³-hybridized carbons (Fsp3) is 0.0476. The number of fused-ring (bicyclic) bond motifs is 1. The molecule has 0 aliphatic rings. The van der Waals surface area contributed by atoms with Crippen molar-refractivity contribution in [1.29, 1.82) is 0 Å². The third-order valence-corrected chi connectivity index (χ3v) is 4.04. The van der Waals surface area contributed by atoms with Crippen LogP contribution in [-0.2, 0) is 0 Å². The van der Waals surface area contributed by atoms with E-state index < -0.39 is 0 Å². The van der Waals surface area contributed by atoms with Crippen molar-refractivity contribution in [2.24, 2.45) is 0 Å². The molecule has 0 N–H and O–H groups in total. The van der Waals surface area contributed by atoms with Crippen LogP contribution in [0.4, 0.5) is 4.39 Å². The van der Waals surface area contributed by atoms with E-state index in [9.17, 15) is 4.39 Å². The van der Waals surface area contributed by atoms with Gasteiger partial charge in [-0.25, -0.2) is 4.39 Å². The molecule has 0 bridgehead atoms. The second-order valence-corrected chi connectivity index (χ2v) is 5.68. The van der Waals surface area contributed by atoms with Gasteiger partial charge in [-0.2, -0.15) is 0 Å². The van der Waals surface area contributed by atoms with Crippen LogP contribution in [-0.4, -0.2) is 0 Å². The van der Waals surface area contributed by atoms with Crippen molar-refractivity contribution in [3.63, 3.8) is 0 Å². The van der Waals surface area contributed by atoms with Gasteiger partial charge in [-0.15, -0.1) is 0 Å². The first-order chi connectivity index (χ1) is 11.2. The summed E-state index contributed by atoms with van der Waals surface area (Å²) in [6.45, 7) is 2.06. The van der Waals surface area contributed by atoms with Crippen LogP contribution in [0, 0.1) is 12.7 Å². The highest BCUT2D eigenvalue weighted by Gasteiger charge is 2.17. The summed E-state index contributed by atoms with van der Waals surface area (Å²) in [5.74, 6) is 0.580. The molecule has 0 unspecified atom stereocenters. The van der Waals surface area contributed by atoms with Crippen molar-refractivity contribution in [1.82, 2.24) is 0 Å². The van der Waals surface area contributed by atoms with E-state index in [1.807, 2.05) is 24.3 Å². The van der Waals surface area contributed by atoms with Gasteiger partial charge >= 0.3 is 0 Å². The number of hydrogen-bond acceptors (Lipinski definition) is 1. The van der Waals surface area contributed by atoms with E-state index in [2.05, 4.69) is 31.2 Å². The van der Waals surface area contributed by atoms with E-state index in [-0.39, 0.29) is 5.82 Å². The second-order valence-electron chi connectivity index (χ2n) is 5.68. The maximum Gasteiger partial charge on any atom is 0.143 e. The number of halogens is 1. The maximum atomic E-state index is 13.3. The lowest BCUT2D eigenvalue weighted by molar-refractivity contribution is 0.627. The first kappa shape index (κ1) is 13.8. The van der Waals surface area contributed by atoms with Gasteiger partial charge in [0.1, 0.15) is 17.2 Å². The molecular formula is C21H15FO. The first-order valence-corrected chi connectivity index (χ1v) is 7.57. The third-order valence-electron chi connectivity index (χ3n) is 4.04. The Labute approximate surface area is 134 Å². The molecule has 1 nitrogen and oxygen atoms in total. The van der Waals surface area contributed by atoms with Crippen molar-refractivity contribution in [2.75, 3.05) is 0 Å². The Morgan fingerprint density at radius 1 is 0.739 bits per heavy atom. The molecule has 0 saturated carbocycles. The van der Waals surface area contributed by atoms with Gasteiger partial charge in [0.25, 0.3) is 0 Å². The van der Waals surface area contributed by atoms with Gasteiger partial charge in [-0.3, -0.25) is 0 Å². The van der Waals surface area contributed by atoms with Crippen molar-refractivity contribution in [3.8, 4) is 22.5 Å². The summed E-state index contributed by atoms with van der Waals surface area (Å²) in [5.41, 5.74) is 5.01. The molecule has 2 heteroatoms. The number of hydrogen-bond donors (Lipinski definition) is 0. The highest BCUT2D eigenvalue weighted by Crippen LogP contribution is 2.40. The highest BCUT2D eigenvalue weighted by atomic mass is 19.1. The minimum atomic E-state index is -0.238. The van der Waals surface area contributed by atoms with Gasteiger partial charge in [0, 0.05) is 16.5 Å². The van der Waals surface area contributed by atoms with Gasteiger partial charge in [0.2, 0.25) is 0 Å². The number of benzene rings is 3. The van der Waals surface area contributed by atoms with Gasteiger partial charge in [-0.1, -0.05) is 60.2 Å². The molecule has 0 radical (unpaired) electrons. The van der Waals surface area contributed by atoms with Crippen LogP contribution in [0.3, 0.4) is 0 Å². The zero-order valence-electron chi connectivity index (χ0n) is 12.7. The normalized spacial score (nSPS) is 11.0. The molecule has 0 fully saturated rings. The molecule has 4 rings (SSSR count). The van der Waals surface area contributed by atoms with Gasteiger partial charge in [-0.05, 0) is 30.7 Å². The summed E-state index contributed by atoms with van der Waals surface area (Å²) in [7, 11) is 0. The molecule has 0 aliphatic heterocycles. The molecule has 1 heterocycles. The lowest BCUT2D eigenvalue weighted by Gasteiger charge is -2.04. The van der Waals surface area contributed by atoms with Crippen molar-refractivity contribution in [3.05, 3.63) is 84.2 Å². The number of aryl methyl sites for hydroxylation is 1. The summed E-state index contributed by atoms with van der Waals surface area (Å²) in [6.07, 6.45) is 0. The monoisotopic (exact) mass is 302 g/mol. The third kappa shape index (κ3) is 2.42. The van der Waals surface area contributed by atoms with E-state index in [0.29, 0.717) is 0 Å². The number of rotatable bonds is 2. The Kier molecular flexibility index (Phi) is 3.23. The predicted molar refractivity (Wildman–Crippen MR) is 91.8 cm³/mol. The first-order valence-electron chi connectivity index (χ1n) is 7.57. The van der Waals surface area contributed by atoms with E-state index in [0.717, 1.165) is 33.4 Å². The zero-order chi connectivity index (χ0) is 15.8. The fourth-order valence-electron chi connectivity index (χ4n) is 2.86. The van der Waals surface area contributed by atoms with Crippen LogP contribution in [0.1, 0.15) is 5.56 Å². The summed E-state index contributed by atoms with van der Waals surface area (Å²) in [5, 5.41) is 1.04. The largest absolute Gasteiger partial charge is 0.455 e. The lowest BCUT2D eigenvalue weighted by Crippen LogP contribution is -1.82. The Morgan fingerprint density at radius 3 is 2.13 bits per heavy atom. The Balaban J connectivity index is 2.01. The molecule has 0 aliphatic carbocycles. The molecular weight excluding hydrogens is 287 g/mol. The molecule has 23 heavy (non-hydrogen) atoms. The van der Waals surface area contributed by atoms with E-state index in [1.165, 1.54) is 17.7 Å². The van der Waals surface area contributed by atoms with E-state index in [4.69, 9.17) is 4.42 Å². The molecule has 3 aromatic carbocycles. The predicted octanol–water partition coefficient (Wildman–Crippen LogP) is 6.21. The number of para-hydroxylation sites is 1. The van der Waals surface area contributed by atoms with Crippen LogP contribution in [0.15, 0.2) is 77.2 Å². The maximum absolute atomic E-state index is 13.3. The van der Waals surface area contributed by atoms with Crippen LogP contribution < -0.4 is 0 Å². The van der Waals surface area contributed by atoms with Crippen LogP contribution >= 0.6 is 0 Å². The molecule has 4 aromatic rings. The van der Waals surface area contributed by atoms with Crippen LogP contribution in [0.2, 0.25) is 0 Å². The fourth-order valence-corrected chi connectivity index (χ4v) is 2.86. The van der Waals surface area contributed by atoms with Crippen LogP contribution in [0.5, 0.6) is 0 Å². The van der Waals surface area contributed by atoms with Crippen LogP contribution in [0.25, 0.3) is 33.4 Å². The van der Waals surface area contributed by atoms with E-state index in [1.54, 1.807) is 12.1 Å². The number of furan rings is 1. The lowest BCUT2D eigenvalue weighted by atomic mass is 9.98. The quantitative estimate of drug-likeness (QED) is 0.429. The topological polar surface area (TPSA) is 13.1 Å². The molecule has 1 aromatic heterocycles. The minimum absolute atomic E-state index is 0.238.